The summed E-state index contributed by atoms with van der Waals surface area (Å²) in [4.78, 5) is 24.0. The molecule has 0 aliphatic heterocycles. The first-order valence-electron chi connectivity index (χ1n) is 7.49. The Morgan fingerprint density at radius 3 is 2.46 bits per heavy atom. The van der Waals surface area contributed by atoms with Crippen molar-refractivity contribution >= 4 is 29.9 Å². The number of ketones is 1. The molecule has 0 aliphatic carbocycles. The topological polar surface area (TPSA) is 90.0 Å². The lowest BCUT2D eigenvalue weighted by molar-refractivity contribution is -0.137. The minimum absolute atomic E-state index is 0. The number of amides is 1. The third kappa shape index (κ3) is 6.85. The largest absolute Gasteiger partial charge is 0.390 e. The predicted octanol–water partition coefficient (Wildman–Crippen LogP) is 2.80. The van der Waals surface area contributed by atoms with Crippen molar-refractivity contribution in [3.05, 3.63) is 48.2 Å². The van der Waals surface area contributed by atoms with Gasteiger partial charge in [-0.15, -0.1) is 12.4 Å². The predicted molar refractivity (Wildman–Crippen MR) is 92.1 cm³/mol. The number of carbonyl (C=O) groups is 2. The fourth-order valence-electron chi connectivity index (χ4n) is 2.05. The van der Waals surface area contributed by atoms with E-state index in [0.29, 0.717) is 5.56 Å². The summed E-state index contributed by atoms with van der Waals surface area (Å²) in [6.07, 6.45) is -4.17. The van der Waals surface area contributed by atoms with Gasteiger partial charge in [0.1, 0.15) is 0 Å². The van der Waals surface area contributed by atoms with Crippen LogP contribution in [-0.4, -0.2) is 33.7 Å². The molecule has 0 radical (unpaired) electrons. The van der Waals surface area contributed by atoms with Crippen molar-refractivity contribution in [3.8, 4) is 0 Å². The van der Waals surface area contributed by atoms with E-state index < -0.39 is 24.5 Å². The number of nitrogens with zero attached hydrogens (tertiary/aromatic N) is 2. The molecule has 6 nitrogen and oxygen atoms in total. The Morgan fingerprint density at radius 2 is 1.85 bits per heavy atom. The fraction of sp³-hybridized carbons (Fsp3) is 0.312. The average Bonchev–Trinajstić information content (AvgIpc) is 3.00. The molecule has 1 unspecified atom stereocenters. The average molecular weight is 391 g/mol. The normalized spacial score (nSPS) is 12.2. The highest BCUT2D eigenvalue weighted by atomic mass is 35.5. The van der Waals surface area contributed by atoms with Gasteiger partial charge in [-0.1, -0.05) is 30.3 Å². The molecule has 1 aromatic heterocycles. The molecule has 1 aromatic carbocycles. The Morgan fingerprint density at radius 1 is 1.19 bits per heavy atom. The smallest absolute Gasteiger partial charge is 0.320 e. The summed E-state index contributed by atoms with van der Waals surface area (Å²) in [7, 11) is 0. The van der Waals surface area contributed by atoms with E-state index in [2.05, 4.69) is 10.4 Å². The summed E-state index contributed by atoms with van der Waals surface area (Å²) in [5.74, 6) is -0.834. The van der Waals surface area contributed by atoms with E-state index in [-0.39, 0.29) is 37.0 Å². The lowest BCUT2D eigenvalue weighted by Crippen LogP contribution is -2.37. The van der Waals surface area contributed by atoms with Crippen LogP contribution in [0.25, 0.3) is 0 Å². The molecule has 2 aromatic rings. The van der Waals surface area contributed by atoms with Gasteiger partial charge in [-0.2, -0.15) is 18.3 Å². The molecular formula is C16H18ClF3N4O2. The highest BCUT2D eigenvalue weighted by molar-refractivity contribution is 6.02. The maximum Gasteiger partial charge on any atom is 0.390 e. The van der Waals surface area contributed by atoms with Gasteiger partial charge >= 0.3 is 6.18 Å². The standard InChI is InChI=1S/C16H17F3N4O2.ClH/c17-16(18,19)7-9-23-8-6-14(22-23)21-15(25)12(20)10-13(24)11-4-2-1-3-5-11;/h1-6,8,12H,7,9-10,20H2,(H,21,22,25);1H. The number of aromatic nitrogens is 2. The third-order valence-corrected chi connectivity index (χ3v) is 3.35. The molecule has 0 aliphatic rings. The summed E-state index contributed by atoms with van der Waals surface area (Å²) >= 11 is 0. The van der Waals surface area contributed by atoms with E-state index >= 15 is 0 Å². The van der Waals surface area contributed by atoms with Crippen molar-refractivity contribution in [1.29, 1.82) is 0 Å². The Bertz CT molecular complexity index is 735. The first-order chi connectivity index (χ1) is 11.7. The van der Waals surface area contributed by atoms with Crippen molar-refractivity contribution in [3.63, 3.8) is 0 Å². The van der Waals surface area contributed by atoms with E-state index in [1.54, 1.807) is 30.3 Å². The molecule has 10 heteroatoms. The van der Waals surface area contributed by atoms with Gasteiger partial charge < -0.3 is 11.1 Å². The zero-order valence-corrected chi connectivity index (χ0v) is 14.4. The SMILES string of the molecule is Cl.NC(CC(=O)c1ccccc1)C(=O)Nc1ccn(CCC(F)(F)F)n1. The Kier molecular flexibility index (Phi) is 7.78. The number of alkyl halides is 3. The van der Waals surface area contributed by atoms with Crippen LogP contribution in [0.3, 0.4) is 0 Å². The highest BCUT2D eigenvalue weighted by Gasteiger charge is 2.27. The quantitative estimate of drug-likeness (QED) is 0.711. The van der Waals surface area contributed by atoms with Crippen molar-refractivity contribution in [2.45, 2.75) is 31.6 Å². The molecule has 0 saturated heterocycles. The number of aryl methyl sites for hydroxylation is 1. The van der Waals surface area contributed by atoms with Gasteiger partial charge in [0.25, 0.3) is 0 Å². The number of anilines is 1. The molecular weight excluding hydrogens is 373 g/mol. The van der Waals surface area contributed by atoms with Crippen molar-refractivity contribution in [2.75, 3.05) is 5.32 Å². The monoisotopic (exact) mass is 390 g/mol. The maximum atomic E-state index is 12.2. The van der Waals surface area contributed by atoms with Crippen molar-refractivity contribution < 1.29 is 22.8 Å². The number of nitrogens with one attached hydrogen (secondary N) is 1. The lowest BCUT2D eigenvalue weighted by Gasteiger charge is -2.10. The molecule has 26 heavy (non-hydrogen) atoms. The number of halogens is 4. The van der Waals surface area contributed by atoms with Crippen LogP contribution in [0.5, 0.6) is 0 Å². The second kappa shape index (κ2) is 9.35. The molecule has 1 amide bonds. The van der Waals surface area contributed by atoms with Gasteiger partial charge in [0.15, 0.2) is 11.6 Å². The van der Waals surface area contributed by atoms with Crippen molar-refractivity contribution in [2.24, 2.45) is 5.73 Å². The fourth-order valence-corrected chi connectivity index (χ4v) is 2.05. The summed E-state index contributed by atoms with van der Waals surface area (Å²) in [5.41, 5.74) is 6.16. The summed E-state index contributed by atoms with van der Waals surface area (Å²) in [6, 6.07) is 8.68. The van der Waals surface area contributed by atoms with Crippen LogP contribution in [0.4, 0.5) is 19.0 Å². The van der Waals surface area contributed by atoms with E-state index in [0.717, 1.165) is 4.68 Å². The number of hydrogen-bond acceptors (Lipinski definition) is 4. The Balaban J connectivity index is 0.00000338. The number of hydrogen-bond donors (Lipinski definition) is 2. The second-order valence-corrected chi connectivity index (χ2v) is 5.42. The molecule has 0 fully saturated rings. The van der Waals surface area contributed by atoms with Gasteiger partial charge in [0.2, 0.25) is 5.91 Å². The van der Waals surface area contributed by atoms with Crippen LogP contribution in [0.15, 0.2) is 42.6 Å². The molecule has 142 valence electrons. The first kappa shape index (κ1) is 21.7. The zero-order chi connectivity index (χ0) is 18.4. The summed E-state index contributed by atoms with van der Waals surface area (Å²) in [6.45, 7) is -0.349. The van der Waals surface area contributed by atoms with E-state index in [4.69, 9.17) is 5.73 Å². The van der Waals surface area contributed by atoms with Gasteiger partial charge in [-0.3, -0.25) is 14.3 Å². The van der Waals surface area contributed by atoms with Crippen molar-refractivity contribution in [1.82, 2.24) is 9.78 Å². The van der Waals surface area contributed by atoms with Crippen LogP contribution in [0.1, 0.15) is 23.2 Å². The molecule has 1 atom stereocenters. The molecule has 1 heterocycles. The van der Waals surface area contributed by atoms with Crippen LogP contribution in [-0.2, 0) is 11.3 Å². The minimum Gasteiger partial charge on any atom is -0.320 e. The number of nitrogens with two attached hydrogens (primary N) is 1. The number of carbonyl (C=O) groups excluding carboxylic acids is 2. The molecule has 3 N–H and O–H groups in total. The van der Waals surface area contributed by atoms with Crippen LogP contribution in [0, 0.1) is 0 Å². The van der Waals surface area contributed by atoms with E-state index in [1.807, 2.05) is 0 Å². The molecule has 0 spiro atoms. The Labute approximate surface area is 154 Å². The minimum atomic E-state index is -4.28. The van der Waals surface area contributed by atoms with Crippen LogP contribution < -0.4 is 11.1 Å². The molecule has 2 rings (SSSR count). The highest BCUT2D eigenvalue weighted by Crippen LogP contribution is 2.20. The number of benzene rings is 1. The summed E-state index contributed by atoms with van der Waals surface area (Å²) < 4.78 is 37.6. The second-order valence-electron chi connectivity index (χ2n) is 5.42. The lowest BCUT2D eigenvalue weighted by atomic mass is 10.0. The first-order valence-corrected chi connectivity index (χ1v) is 7.49. The van der Waals surface area contributed by atoms with Gasteiger partial charge in [0.05, 0.1) is 12.5 Å². The summed E-state index contributed by atoms with van der Waals surface area (Å²) in [5, 5.41) is 6.20. The van der Waals surface area contributed by atoms with Gasteiger partial charge in [-0.25, -0.2) is 0 Å². The number of Topliss-reactive ketones (excluding diaryl/α,β-unsaturated/α-hetero) is 1. The van der Waals surface area contributed by atoms with Crippen LogP contribution >= 0.6 is 12.4 Å². The third-order valence-electron chi connectivity index (χ3n) is 3.35. The molecule has 0 saturated carbocycles. The maximum absolute atomic E-state index is 12.2. The Hall–Kier alpha value is -2.39. The van der Waals surface area contributed by atoms with Gasteiger partial charge in [-0.05, 0) is 0 Å². The van der Waals surface area contributed by atoms with Crippen LogP contribution in [0.2, 0.25) is 0 Å². The molecule has 0 bridgehead atoms. The van der Waals surface area contributed by atoms with Gasteiger partial charge in [0, 0.05) is 30.8 Å². The van der Waals surface area contributed by atoms with E-state index in [9.17, 15) is 22.8 Å². The van der Waals surface area contributed by atoms with E-state index in [1.165, 1.54) is 12.3 Å². The number of rotatable bonds is 7. The zero-order valence-electron chi connectivity index (χ0n) is 13.6.